The molecule has 2 aliphatic heterocycles. The molecule has 134 valence electrons. The summed E-state index contributed by atoms with van der Waals surface area (Å²) in [7, 11) is 0. The SMILES string of the molecule is O=C([C@@H]1CCC[NH+](Cc2c[nH]c3ccccc23)C1)N1CCCCCC1. The number of likely N-dealkylation sites (tertiary alicyclic amines) is 2. The van der Waals surface area contributed by atoms with Gasteiger partial charge in [-0.1, -0.05) is 31.0 Å². The van der Waals surface area contributed by atoms with Crippen LogP contribution < -0.4 is 4.90 Å². The van der Waals surface area contributed by atoms with Crippen molar-refractivity contribution in [3.8, 4) is 0 Å². The molecule has 1 aromatic heterocycles. The molecule has 0 aliphatic carbocycles. The second-order valence-electron chi connectivity index (χ2n) is 7.82. The molecule has 2 aromatic rings. The van der Waals surface area contributed by atoms with Crippen LogP contribution in [0.1, 0.15) is 44.1 Å². The Morgan fingerprint density at radius 1 is 1.12 bits per heavy atom. The lowest BCUT2D eigenvalue weighted by Crippen LogP contribution is -3.12. The Labute approximate surface area is 150 Å². The molecule has 2 atom stereocenters. The molecule has 4 rings (SSSR count). The molecule has 4 nitrogen and oxygen atoms in total. The third-order valence-corrected chi connectivity index (χ3v) is 6.00. The van der Waals surface area contributed by atoms with Crippen LogP contribution in [0.2, 0.25) is 0 Å². The number of H-pyrrole nitrogens is 1. The van der Waals surface area contributed by atoms with E-state index < -0.39 is 0 Å². The zero-order valence-corrected chi connectivity index (χ0v) is 15.1. The fourth-order valence-corrected chi connectivity index (χ4v) is 4.62. The van der Waals surface area contributed by atoms with E-state index in [1.807, 2.05) is 0 Å². The molecule has 3 heterocycles. The highest BCUT2D eigenvalue weighted by atomic mass is 16.2. The van der Waals surface area contributed by atoms with Gasteiger partial charge in [-0.25, -0.2) is 0 Å². The molecule has 2 fully saturated rings. The van der Waals surface area contributed by atoms with Crippen LogP contribution in [0, 0.1) is 5.92 Å². The van der Waals surface area contributed by atoms with Crippen molar-refractivity contribution in [3.63, 3.8) is 0 Å². The lowest BCUT2D eigenvalue weighted by atomic mass is 9.96. The second kappa shape index (κ2) is 7.61. The number of amides is 1. The highest BCUT2D eigenvalue weighted by molar-refractivity contribution is 5.82. The molecule has 0 saturated carbocycles. The number of rotatable bonds is 3. The van der Waals surface area contributed by atoms with Crippen LogP contribution in [0.25, 0.3) is 10.9 Å². The Hall–Kier alpha value is -1.81. The predicted octanol–water partition coefficient (Wildman–Crippen LogP) is 2.37. The number of aromatic amines is 1. The fourth-order valence-electron chi connectivity index (χ4n) is 4.62. The van der Waals surface area contributed by atoms with E-state index in [9.17, 15) is 4.79 Å². The van der Waals surface area contributed by atoms with Crippen molar-refractivity contribution in [1.29, 1.82) is 0 Å². The molecular formula is C21H30N3O+. The summed E-state index contributed by atoms with van der Waals surface area (Å²) in [6.07, 6.45) is 9.33. The van der Waals surface area contributed by atoms with Gasteiger partial charge in [-0.3, -0.25) is 4.79 Å². The third kappa shape index (κ3) is 3.74. The lowest BCUT2D eigenvalue weighted by Gasteiger charge is -2.32. The molecule has 4 heteroatoms. The molecule has 25 heavy (non-hydrogen) atoms. The molecule has 0 bridgehead atoms. The van der Waals surface area contributed by atoms with Crippen molar-refractivity contribution in [2.24, 2.45) is 5.92 Å². The van der Waals surface area contributed by atoms with Gasteiger partial charge >= 0.3 is 0 Å². The normalized spacial score (nSPS) is 25.0. The first-order valence-corrected chi connectivity index (χ1v) is 9.98. The Morgan fingerprint density at radius 2 is 1.92 bits per heavy atom. The summed E-state index contributed by atoms with van der Waals surface area (Å²) in [5.41, 5.74) is 2.60. The van der Waals surface area contributed by atoms with Gasteiger partial charge in [0.25, 0.3) is 0 Å². The quantitative estimate of drug-likeness (QED) is 0.885. The van der Waals surface area contributed by atoms with Gasteiger partial charge in [-0.2, -0.15) is 0 Å². The van der Waals surface area contributed by atoms with Gasteiger partial charge < -0.3 is 14.8 Å². The van der Waals surface area contributed by atoms with E-state index in [0.717, 1.165) is 32.6 Å². The Kier molecular flexibility index (Phi) is 5.07. The van der Waals surface area contributed by atoms with Gasteiger partial charge in [0.1, 0.15) is 6.54 Å². The van der Waals surface area contributed by atoms with E-state index in [0.29, 0.717) is 5.91 Å². The first-order valence-electron chi connectivity index (χ1n) is 9.98. The first-order chi connectivity index (χ1) is 12.3. The van der Waals surface area contributed by atoms with E-state index in [4.69, 9.17) is 0 Å². The number of quaternary nitrogens is 1. The Balaban J connectivity index is 1.41. The summed E-state index contributed by atoms with van der Waals surface area (Å²) >= 11 is 0. The van der Waals surface area contributed by atoms with Gasteiger partial charge in [0.2, 0.25) is 5.91 Å². The topological polar surface area (TPSA) is 40.5 Å². The average molecular weight is 340 g/mol. The molecule has 1 aromatic carbocycles. The van der Waals surface area contributed by atoms with Crippen LogP contribution in [0.5, 0.6) is 0 Å². The highest BCUT2D eigenvalue weighted by Crippen LogP contribution is 2.19. The number of nitrogens with zero attached hydrogens (tertiary/aromatic N) is 1. The number of aromatic nitrogens is 1. The molecule has 1 amide bonds. The maximum atomic E-state index is 13.0. The van der Waals surface area contributed by atoms with Gasteiger partial charge in [-0.15, -0.1) is 0 Å². The zero-order chi connectivity index (χ0) is 17.1. The molecule has 1 unspecified atom stereocenters. The van der Waals surface area contributed by atoms with Gasteiger partial charge in [0.15, 0.2) is 0 Å². The van der Waals surface area contributed by atoms with E-state index in [1.165, 1.54) is 55.1 Å². The van der Waals surface area contributed by atoms with Crippen molar-refractivity contribution in [2.75, 3.05) is 26.2 Å². The van der Waals surface area contributed by atoms with Crippen LogP contribution in [0.4, 0.5) is 0 Å². The van der Waals surface area contributed by atoms with Crippen molar-refractivity contribution >= 4 is 16.8 Å². The standard InChI is InChI=1S/C21H29N3O/c25-21(24-12-5-1-2-6-13-24)17-8-7-11-23(15-17)16-18-14-22-20-10-4-3-9-19(18)20/h3-4,9-10,14,17,22H,1-2,5-8,11-13,15-16H2/p+1/t17-/m1/s1. The second-order valence-corrected chi connectivity index (χ2v) is 7.82. The zero-order valence-electron chi connectivity index (χ0n) is 15.1. The minimum absolute atomic E-state index is 0.229. The lowest BCUT2D eigenvalue weighted by molar-refractivity contribution is -0.921. The Bertz CT molecular complexity index is 715. The van der Waals surface area contributed by atoms with Crippen molar-refractivity contribution in [2.45, 2.75) is 45.1 Å². The van der Waals surface area contributed by atoms with Gasteiger partial charge in [-0.05, 0) is 31.7 Å². The highest BCUT2D eigenvalue weighted by Gasteiger charge is 2.32. The number of nitrogens with one attached hydrogen (secondary N) is 2. The molecule has 0 radical (unpaired) electrons. The summed E-state index contributed by atoms with van der Waals surface area (Å²) in [4.78, 5) is 20.1. The third-order valence-electron chi connectivity index (χ3n) is 6.00. The Morgan fingerprint density at radius 3 is 2.76 bits per heavy atom. The van der Waals surface area contributed by atoms with E-state index in [1.54, 1.807) is 4.90 Å². The number of carbonyl (C=O) groups excluding carboxylic acids is 1. The average Bonchev–Trinajstić information content (AvgIpc) is 2.87. The molecule has 2 aliphatic rings. The van der Waals surface area contributed by atoms with Crippen LogP contribution in [-0.2, 0) is 11.3 Å². The number of para-hydroxylation sites is 1. The maximum absolute atomic E-state index is 13.0. The number of hydrogen-bond acceptors (Lipinski definition) is 1. The minimum Gasteiger partial charge on any atom is -0.361 e. The molecule has 2 N–H and O–H groups in total. The van der Waals surface area contributed by atoms with Crippen LogP contribution >= 0.6 is 0 Å². The van der Waals surface area contributed by atoms with Crippen LogP contribution in [0.15, 0.2) is 30.5 Å². The smallest absolute Gasteiger partial charge is 0.231 e. The first kappa shape index (κ1) is 16.6. The monoisotopic (exact) mass is 340 g/mol. The molecular weight excluding hydrogens is 310 g/mol. The maximum Gasteiger partial charge on any atom is 0.231 e. The number of benzene rings is 1. The predicted molar refractivity (Wildman–Crippen MR) is 100 cm³/mol. The minimum atomic E-state index is 0.229. The summed E-state index contributed by atoms with van der Waals surface area (Å²) < 4.78 is 0. The van der Waals surface area contributed by atoms with Gasteiger partial charge in [0, 0.05) is 35.8 Å². The number of fused-ring (bicyclic) bond motifs is 1. The summed E-state index contributed by atoms with van der Waals surface area (Å²) in [6, 6.07) is 8.52. The van der Waals surface area contributed by atoms with Gasteiger partial charge in [0.05, 0.1) is 19.0 Å². The molecule has 0 spiro atoms. The number of piperidine rings is 1. The number of carbonyl (C=O) groups is 1. The van der Waals surface area contributed by atoms with Crippen LogP contribution in [0.3, 0.4) is 0 Å². The summed E-state index contributed by atoms with van der Waals surface area (Å²) in [5, 5.41) is 1.33. The van der Waals surface area contributed by atoms with E-state index in [-0.39, 0.29) is 5.92 Å². The molecule has 2 saturated heterocycles. The summed E-state index contributed by atoms with van der Waals surface area (Å²) in [5.74, 6) is 0.657. The van der Waals surface area contributed by atoms with E-state index in [2.05, 4.69) is 40.3 Å². The van der Waals surface area contributed by atoms with Crippen molar-refractivity contribution < 1.29 is 9.69 Å². The fraction of sp³-hybridized carbons (Fsp3) is 0.571. The van der Waals surface area contributed by atoms with Crippen molar-refractivity contribution in [3.05, 3.63) is 36.0 Å². The number of hydrogen-bond donors (Lipinski definition) is 2. The van der Waals surface area contributed by atoms with Crippen LogP contribution in [-0.4, -0.2) is 42.0 Å². The summed E-state index contributed by atoms with van der Waals surface area (Å²) in [6.45, 7) is 5.16. The largest absolute Gasteiger partial charge is 0.361 e. The van der Waals surface area contributed by atoms with Crippen molar-refractivity contribution in [1.82, 2.24) is 9.88 Å². The van der Waals surface area contributed by atoms with E-state index >= 15 is 0 Å².